The van der Waals surface area contributed by atoms with Crippen LogP contribution in [0.4, 0.5) is 0 Å². The summed E-state index contributed by atoms with van der Waals surface area (Å²) >= 11 is 5.96. The molecule has 0 saturated carbocycles. The van der Waals surface area contributed by atoms with Crippen LogP contribution in [-0.4, -0.2) is 14.9 Å². The Bertz CT molecular complexity index is 487. The first-order valence-electron chi connectivity index (χ1n) is 5.01. The molecule has 0 aliphatic rings. The van der Waals surface area contributed by atoms with Crippen LogP contribution in [0.15, 0.2) is 30.5 Å². The van der Waals surface area contributed by atoms with Gasteiger partial charge in [0.15, 0.2) is 0 Å². The molecule has 4 heteroatoms. The van der Waals surface area contributed by atoms with E-state index in [-0.39, 0.29) is 0 Å². The van der Waals surface area contributed by atoms with Gasteiger partial charge in [0, 0.05) is 18.3 Å². The maximum atomic E-state index is 10.2. The van der Waals surface area contributed by atoms with Crippen molar-refractivity contribution in [2.45, 2.75) is 13.0 Å². The lowest BCUT2D eigenvalue weighted by Gasteiger charge is -2.12. The molecule has 1 heterocycles. The van der Waals surface area contributed by atoms with Gasteiger partial charge in [-0.1, -0.05) is 17.7 Å². The summed E-state index contributed by atoms with van der Waals surface area (Å²) < 4.78 is 1.65. The molecule has 0 saturated heterocycles. The van der Waals surface area contributed by atoms with Crippen LogP contribution in [0.25, 0.3) is 0 Å². The van der Waals surface area contributed by atoms with E-state index >= 15 is 0 Å². The molecule has 0 aliphatic heterocycles. The molecule has 2 rings (SSSR count). The lowest BCUT2D eigenvalue weighted by atomic mass is 10.0. The molecule has 16 heavy (non-hydrogen) atoms. The molecule has 1 unspecified atom stereocenters. The van der Waals surface area contributed by atoms with Gasteiger partial charge in [-0.05, 0) is 36.2 Å². The molecule has 3 nitrogen and oxygen atoms in total. The van der Waals surface area contributed by atoms with E-state index in [1.54, 1.807) is 30.1 Å². The fourth-order valence-electron chi connectivity index (χ4n) is 1.75. The summed E-state index contributed by atoms with van der Waals surface area (Å²) in [7, 11) is 1.80. The summed E-state index contributed by atoms with van der Waals surface area (Å²) in [5.74, 6) is 0. The van der Waals surface area contributed by atoms with Crippen molar-refractivity contribution in [1.29, 1.82) is 0 Å². The zero-order valence-corrected chi connectivity index (χ0v) is 9.94. The molecule has 1 aromatic carbocycles. The van der Waals surface area contributed by atoms with Crippen molar-refractivity contribution in [1.82, 2.24) is 9.78 Å². The standard InChI is InChI=1S/C12H13ClN2O/c1-8-5-9(7-10(13)6-8)12(16)11-3-4-14-15(11)2/h3-7,12,16H,1-2H3. The molecule has 0 aliphatic carbocycles. The molecule has 0 fully saturated rings. The first-order valence-corrected chi connectivity index (χ1v) is 5.39. The van der Waals surface area contributed by atoms with Gasteiger partial charge in [-0.25, -0.2) is 0 Å². The summed E-state index contributed by atoms with van der Waals surface area (Å²) in [6, 6.07) is 7.34. The zero-order chi connectivity index (χ0) is 11.7. The van der Waals surface area contributed by atoms with E-state index in [0.29, 0.717) is 5.02 Å². The minimum absolute atomic E-state index is 0.635. The largest absolute Gasteiger partial charge is 0.382 e. The van der Waals surface area contributed by atoms with Crippen LogP contribution < -0.4 is 0 Å². The number of hydrogen-bond donors (Lipinski definition) is 1. The number of nitrogens with zero attached hydrogens (tertiary/aromatic N) is 2. The van der Waals surface area contributed by atoms with Crippen LogP contribution in [0.1, 0.15) is 22.9 Å². The maximum Gasteiger partial charge on any atom is 0.121 e. The first-order chi connectivity index (χ1) is 7.58. The minimum Gasteiger partial charge on any atom is -0.382 e. The molecule has 1 atom stereocenters. The Balaban J connectivity index is 2.41. The number of halogens is 1. The fourth-order valence-corrected chi connectivity index (χ4v) is 2.04. The highest BCUT2D eigenvalue weighted by atomic mass is 35.5. The van der Waals surface area contributed by atoms with Gasteiger partial charge < -0.3 is 5.11 Å². The second-order valence-electron chi connectivity index (χ2n) is 3.84. The van der Waals surface area contributed by atoms with Gasteiger partial charge in [-0.2, -0.15) is 5.10 Å². The Kier molecular flexibility index (Phi) is 2.99. The van der Waals surface area contributed by atoms with Crippen LogP contribution in [0.5, 0.6) is 0 Å². The van der Waals surface area contributed by atoms with Crippen molar-refractivity contribution in [3.8, 4) is 0 Å². The quantitative estimate of drug-likeness (QED) is 0.870. The summed E-state index contributed by atoms with van der Waals surface area (Å²) in [5, 5.41) is 14.9. The Morgan fingerprint density at radius 1 is 1.38 bits per heavy atom. The van der Waals surface area contributed by atoms with Gasteiger partial charge in [0.2, 0.25) is 0 Å². The number of rotatable bonds is 2. The van der Waals surface area contributed by atoms with Gasteiger partial charge in [0.1, 0.15) is 6.10 Å². The highest BCUT2D eigenvalue weighted by Crippen LogP contribution is 2.25. The molecule has 0 bridgehead atoms. The molecule has 0 radical (unpaired) electrons. The SMILES string of the molecule is Cc1cc(Cl)cc(C(O)c2ccnn2C)c1. The summed E-state index contributed by atoms with van der Waals surface area (Å²) in [6.45, 7) is 1.95. The molecule has 1 N–H and O–H groups in total. The van der Waals surface area contributed by atoms with Crippen molar-refractivity contribution in [2.75, 3.05) is 0 Å². The molecule has 2 aromatic rings. The van der Waals surface area contributed by atoms with Gasteiger partial charge in [0.25, 0.3) is 0 Å². The average Bonchev–Trinajstić information content (AvgIpc) is 2.62. The Morgan fingerprint density at radius 3 is 2.69 bits per heavy atom. The summed E-state index contributed by atoms with van der Waals surface area (Å²) in [4.78, 5) is 0. The second kappa shape index (κ2) is 4.28. The second-order valence-corrected chi connectivity index (χ2v) is 4.28. The normalized spacial score (nSPS) is 12.8. The predicted molar refractivity (Wildman–Crippen MR) is 63.5 cm³/mol. The highest BCUT2D eigenvalue weighted by molar-refractivity contribution is 6.30. The Hall–Kier alpha value is -1.32. The zero-order valence-electron chi connectivity index (χ0n) is 9.18. The van der Waals surface area contributed by atoms with Crippen molar-refractivity contribution in [3.05, 3.63) is 52.3 Å². The lowest BCUT2D eigenvalue weighted by Crippen LogP contribution is -2.06. The van der Waals surface area contributed by atoms with Crippen molar-refractivity contribution < 1.29 is 5.11 Å². The third-order valence-corrected chi connectivity index (χ3v) is 2.74. The van der Waals surface area contributed by atoms with Crippen molar-refractivity contribution in [2.24, 2.45) is 7.05 Å². The average molecular weight is 237 g/mol. The summed E-state index contributed by atoms with van der Waals surface area (Å²) in [5.41, 5.74) is 2.57. The molecule has 0 amide bonds. The number of hydrogen-bond acceptors (Lipinski definition) is 2. The highest BCUT2D eigenvalue weighted by Gasteiger charge is 2.14. The summed E-state index contributed by atoms with van der Waals surface area (Å²) in [6.07, 6.45) is 0.973. The number of aryl methyl sites for hydroxylation is 2. The van der Waals surface area contributed by atoms with Crippen LogP contribution in [0, 0.1) is 6.92 Å². The van der Waals surface area contributed by atoms with E-state index in [1.807, 2.05) is 19.1 Å². The van der Waals surface area contributed by atoms with E-state index in [1.165, 1.54) is 0 Å². The number of benzene rings is 1. The van der Waals surface area contributed by atoms with Gasteiger partial charge in [0.05, 0.1) is 5.69 Å². The molecule has 84 valence electrons. The van der Waals surface area contributed by atoms with Gasteiger partial charge in [-0.15, -0.1) is 0 Å². The van der Waals surface area contributed by atoms with E-state index in [9.17, 15) is 5.11 Å². The van der Waals surface area contributed by atoms with Crippen molar-refractivity contribution in [3.63, 3.8) is 0 Å². The third-order valence-electron chi connectivity index (χ3n) is 2.52. The Labute approximate surface area is 99.3 Å². The monoisotopic (exact) mass is 236 g/mol. The molecule has 0 spiro atoms. The van der Waals surface area contributed by atoms with Crippen LogP contribution in [0.3, 0.4) is 0 Å². The van der Waals surface area contributed by atoms with E-state index < -0.39 is 6.10 Å². The van der Waals surface area contributed by atoms with Crippen molar-refractivity contribution >= 4 is 11.6 Å². The van der Waals surface area contributed by atoms with E-state index in [4.69, 9.17) is 11.6 Å². The Morgan fingerprint density at radius 2 is 2.12 bits per heavy atom. The maximum absolute atomic E-state index is 10.2. The predicted octanol–water partition coefficient (Wildman–Crippen LogP) is 2.46. The van der Waals surface area contributed by atoms with Crippen LogP contribution in [-0.2, 0) is 7.05 Å². The van der Waals surface area contributed by atoms with Gasteiger partial charge >= 0.3 is 0 Å². The van der Waals surface area contributed by atoms with Crippen LogP contribution in [0.2, 0.25) is 5.02 Å². The lowest BCUT2D eigenvalue weighted by molar-refractivity contribution is 0.209. The fraction of sp³-hybridized carbons (Fsp3) is 0.250. The van der Waals surface area contributed by atoms with E-state index in [0.717, 1.165) is 16.8 Å². The van der Waals surface area contributed by atoms with Gasteiger partial charge in [-0.3, -0.25) is 4.68 Å². The topological polar surface area (TPSA) is 38.1 Å². The van der Waals surface area contributed by atoms with Crippen LogP contribution >= 0.6 is 11.6 Å². The number of aliphatic hydroxyl groups is 1. The smallest absolute Gasteiger partial charge is 0.121 e. The molecular weight excluding hydrogens is 224 g/mol. The third kappa shape index (κ3) is 2.10. The van der Waals surface area contributed by atoms with E-state index in [2.05, 4.69) is 5.10 Å². The molecule has 1 aromatic heterocycles. The minimum atomic E-state index is -0.690. The number of aliphatic hydroxyl groups excluding tert-OH is 1. The number of aromatic nitrogens is 2. The molecular formula is C12H13ClN2O. The first kappa shape index (κ1) is 11.2.